The molecule has 0 saturated carbocycles. The van der Waals surface area contributed by atoms with Gasteiger partial charge in [-0.15, -0.1) is 0 Å². The van der Waals surface area contributed by atoms with Crippen molar-refractivity contribution in [1.82, 2.24) is 5.32 Å². The molecule has 0 fully saturated rings. The van der Waals surface area contributed by atoms with Crippen LogP contribution in [0.3, 0.4) is 0 Å². The maximum atomic E-state index is 11.8. The summed E-state index contributed by atoms with van der Waals surface area (Å²) in [5, 5.41) is 2.93. The van der Waals surface area contributed by atoms with Crippen LogP contribution in [0.15, 0.2) is 18.2 Å². The van der Waals surface area contributed by atoms with Crippen LogP contribution >= 0.6 is 12.2 Å². The van der Waals surface area contributed by atoms with E-state index in [-0.39, 0.29) is 5.91 Å². The summed E-state index contributed by atoms with van der Waals surface area (Å²) >= 11 is 4.80. The Morgan fingerprint density at radius 1 is 1.32 bits per heavy atom. The number of hydrogen-bond acceptors (Lipinski definition) is 2. The first-order valence-electron chi connectivity index (χ1n) is 6.60. The second-order valence-electron chi connectivity index (χ2n) is 4.88. The molecular weight excluding hydrogens is 256 g/mol. The second kappa shape index (κ2) is 7.89. The monoisotopic (exact) mass is 278 g/mol. The second-order valence-corrected chi connectivity index (χ2v) is 5.40. The molecule has 3 nitrogen and oxygen atoms in total. The summed E-state index contributed by atoms with van der Waals surface area (Å²) in [5.74, 6) is 0.0732. The number of benzene rings is 1. The summed E-state index contributed by atoms with van der Waals surface area (Å²) in [6.07, 6.45) is 3.04. The molecule has 1 aromatic carbocycles. The molecule has 0 bridgehead atoms. The molecule has 3 N–H and O–H groups in total. The Morgan fingerprint density at radius 2 is 2.05 bits per heavy atom. The average molecular weight is 278 g/mol. The molecule has 0 aliphatic heterocycles. The lowest BCUT2D eigenvalue weighted by Gasteiger charge is -2.08. The van der Waals surface area contributed by atoms with Gasteiger partial charge >= 0.3 is 0 Å². The third-order valence-corrected chi connectivity index (χ3v) is 3.23. The van der Waals surface area contributed by atoms with E-state index in [1.54, 1.807) is 0 Å². The smallest absolute Gasteiger partial charge is 0.224 e. The van der Waals surface area contributed by atoms with E-state index in [4.69, 9.17) is 18.0 Å². The van der Waals surface area contributed by atoms with E-state index in [0.717, 1.165) is 30.4 Å². The summed E-state index contributed by atoms with van der Waals surface area (Å²) in [7, 11) is 0. The van der Waals surface area contributed by atoms with Crippen molar-refractivity contribution in [3.63, 3.8) is 0 Å². The Balaban J connectivity index is 2.31. The van der Waals surface area contributed by atoms with E-state index < -0.39 is 0 Å². The highest BCUT2D eigenvalue weighted by molar-refractivity contribution is 7.80. The molecule has 0 aliphatic carbocycles. The number of unbranched alkanes of at least 4 members (excludes halogenated alkanes) is 1. The summed E-state index contributed by atoms with van der Waals surface area (Å²) < 4.78 is 0. The summed E-state index contributed by atoms with van der Waals surface area (Å²) in [5.41, 5.74) is 8.86. The number of rotatable bonds is 7. The average Bonchev–Trinajstić information content (AvgIpc) is 2.33. The highest BCUT2D eigenvalue weighted by Gasteiger charge is 2.05. The van der Waals surface area contributed by atoms with Crippen LogP contribution in [-0.2, 0) is 11.2 Å². The van der Waals surface area contributed by atoms with Gasteiger partial charge in [0.15, 0.2) is 0 Å². The number of aryl methyl sites for hydroxylation is 2. The number of amides is 1. The molecule has 0 atom stereocenters. The molecule has 1 amide bonds. The lowest BCUT2D eigenvalue weighted by Crippen LogP contribution is -2.26. The molecule has 0 spiro atoms. The largest absolute Gasteiger partial charge is 0.393 e. The number of hydrogen-bond donors (Lipinski definition) is 2. The normalized spacial score (nSPS) is 10.2. The van der Waals surface area contributed by atoms with Crippen molar-refractivity contribution in [2.24, 2.45) is 5.73 Å². The van der Waals surface area contributed by atoms with E-state index in [2.05, 4.69) is 23.5 Å². The first-order valence-corrected chi connectivity index (χ1v) is 7.01. The maximum Gasteiger partial charge on any atom is 0.224 e. The predicted molar refractivity (Wildman–Crippen MR) is 83.3 cm³/mol. The molecule has 0 aliphatic rings. The summed E-state index contributed by atoms with van der Waals surface area (Å²) in [6.45, 7) is 4.76. The van der Waals surface area contributed by atoms with Crippen LogP contribution in [-0.4, -0.2) is 17.4 Å². The van der Waals surface area contributed by atoms with Gasteiger partial charge in [0.25, 0.3) is 0 Å². The number of nitrogens with one attached hydrogen (secondary N) is 1. The van der Waals surface area contributed by atoms with E-state index in [1.807, 2.05) is 13.8 Å². The van der Waals surface area contributed by atoms with Gasteiger partial charge < -0.3 is 11.1 Å². The van der Waals surface area contributed by atoms with Gasteiger partial charge in [0.2, 0.25) is 5.91 Å². The molecule has 0 radical (unpaired) electrons. The Bertz CT molecular complexity index is 457. The van der Waals surface area contributed by atoms with E-state index in [0.29, 0.717) is 18.0 Å². The molecule has 0 aromatic heterocycles. The van der Waals surface area contributed by atoms with Gasteiger partial charge in [0.1, 0.15) is 0 Å². The fourth-order valence-electron chi connectivity index (χ4n) is 1.88. The lowest BCUT2D eigenvalue weighted by molar-refractivity contribution is -0.120. The number of carbonyl (C=O) groups is 1. The van der Waals surface area contributed by atoms with Crippen molar-refractivity contribution in [1.29, 1.82) is 0 Å². The van der Waals surface area contributed by atoms with Crippen molar-refractivity contribution in [2.45, 2.75) is 39.5 Å². The first kappa shape index (κ1) is 15.6. The van der Waals surface area contributed by atoms with E-state index in [1.165, 1.54) is 5.56 Å². The Morgan fingerprint density at radius 3 is 2.74 bits per heavy atom. The maximum absolute atomic E-state index is 11.8. The third kappa shape index (κ3) is 6.34. The van der Waals surface area contributed by atoms with Crippen molar-refractivity contribution >= 4 is 23.1 Å². The fourth-order valence-corrected chi connectivity index (χ4v) is 2.02. The molecule has 1 rings (SSSR count). The quantitative estimate of drug-likeness (QED) is 0.595. The van der Waals surface area contributed by atoms with Crippen LogP contribution in [0.5, 0.6) is 0 Å². The summed E-state index contributed by atoms with van der Waals surface area (Å²) in [6, 6.07) is 6.19. The molecule has 19 heavy (non-hydrogen) atoms. The standard InChI is InChI=1S/C15H22N2OS/c1-11-6-7-12(2)13(9-11)10-15(18)17-8-4-3-5-14(16)19/h6-7,9H,3-5,8,10H2,1-2H3,(H2,16,19)(H,17,18). The van der Waals surface area contributed by atoms with Crippen LogP contribution in [0.25, 0.3) is 0 Å². The van der Waals surface area contributed by atoms with Crippen molar-refractivity contribution in [3.05, 3.63) is 34.9 Å². The zero-order valence-corrected chi connectivity index (χ0v) is 12.5. The van der Waals surface area contributed by atoms with Crippen molar-refractivity contribution in [2.75, 3.05) is 6.54 Å². The number of carbonyl (C=O) groups excluding carboxylic acids is 1. The van der Waals surface area contributed by atoms with Crippen LogP contribution in [0.1, 0.15) is 36.0 Å². The molecule has 1 aromatic rings. The molecule has 0 heterocycles. The predicted octanol–water partition coefficient (Wildman–Crippen LogP) is 2.42. The lowest BCUT2D eigenvalue weighted by atomic mass is 10.0. The molecule has 4 heteroatoms. The highest BCUT2D eigenvalue weighted by atomic mass is 32.1. The molecule has 104 valence electrons. The number of thiocarbonyl (C=S) groups is 1. The topological polar surface area (TPSA) is 55.1 Å². The van der Waals surface area contributed by atoms with Crippen LogP contribution in [0.2, 0.25) is 0 Å². The zero-order valence-electron chi connectivity index (χ0n) is 11.7. The van der Waals surface area contributed by atoms with Gasteiger partial charge in [-0.25, -0.2) is 0 Å². The van der Waals surface area contributed by atoms with E-state index >= 15 is 0 Å². The molecular formula is C15H22N2OS. The Hall–Kier alpha value is -1.42. The third-order valence-electron chi connectivity index (χ3n) is 3.03. The Labute approximate surface area is 120 Å². The Kier molecular flexibility index (Phi) is 6.50. The minimum absolute atomic E-state index is 0.0732. The zero-order chi connectivity index (χ0) is 14.3. The van der Waals surface area contributed by atoms with Gasteiger partial charge in [-0.2, -0.15) is 0 Å². The van der Waals surface area contributed by atoms with Crippen molar-refractivity contribution < 1.29 is 4.79 Å². The van der Waals surface area contributed by atoms with Crippen LogP contribution in [0.4, 0.5) is 0 Å². The van der Waals surface area contributed by atoms with Gasteiger partial charge in [0.05, 0.1) is 11.4 Å². The number of nitrogens with two attached hydrogens (primary N) is 1. The van der Waals surface area contributed by atoms with E-state index in [9.17, 15) is 4.79 Å². The van der Waals surface area contributed by atoms with Crippen molar-refractivity contribution in [3.8, 4) is 0 Å². The van der Waals surface area contributed by atoms with Gasteiger partial charge in [-0.3, -0.25) is 4.79 Å². The van der Waals surface area contributed by atoms with Gasteiger partial charge in [-0.1, -0.05) is 36.0 Å². The molecule has 0 unspecified atom stereocenters. The van der Waals surface area contributed by atoms with Crippen LogP contribution < -0.4 is 11.1 Å². The minimum Gasteiger partial charge on any atom is -0.393 e. The highest BCUT2D eigenvalue weighted by Crippen LogP contribution is 2.11. The molecule has 0 saturated heterocycles. The fraction of sp³-hybridized carbons (Fsp3) is 0.467. The minimum atomic E-state index is 0.0732. The van der Waals surface area contributed by atoms with Gasteiger partial charge in [-0.05, 0) is 44.2 Å². The first-order chi connectivity index (χ1) is 8.99. The summed E-state index contributed by atoms with van der Waals surface area (Å²) in [4.78, 5) is 12.4. The SMILES string of the molecule is Cc1ccc(C)c(CC(=O)NCCCCC(N)=S)c1. The van der Waals surface area contributed by atoms with Crippen LogP contribution in [0, 0.1) is 13.8 Å². The van der Waals surface area contributed by atoms with Gasteiger partial charge in [0, 0.05) is 6.54 Å².